The van der Waals surface area contributed by atoms with Gasteiger partial charge in [0.05, 0.1) is 16.3 Å². The van der Waals surface area contributed by atoms with E-state index in [4.69, 9.17) is 17.3 Å². The molecule has 1 saturated heterocycles. The molecular formula is C15H20ClN3O2. The maximum Gasteiger partial charge on any atom is 0.245 e. The van der Waals surface area contributed by atoms with Crippen molar-refractivity contribution in [3.63, 3.8) is 0 Å². The number of benzene rings is 1. The van der Waals surface area contributed by atoms with Crippen molar-refractivity contribution in [2.45, 2.75) is 37.8 Å². The molecule has 2 aliphatic heterocycles. The first-order valence-electron chi connectivity index (χ1n) is 7.25. The Bertz CT molecular complexity index is 589. The van der Waals surface area contributed by atoms with Crippen LogP contribution in [-0.2, 0) is 4.79 Å². The minimum absolute atomic E-state index is 0.197. The van der Waals surface area contributed by atoms with Crippen LogP contribution in [0.3, 0.4) is 0 Å². The van der Waals surface area contributed by atoms with Crippen LogP contribution in [0.4, 0.5) is 11.4 Å². The summed E-state index contributed by atoms with van der Waals surface area (Å²) >= 11 is 6.38. The number of fused-ring (bicyclic) bond motifs is 1. The van der Waals surface area contributed by atoms with Crippen LogP contribution in [0.1, 0.15) is 37.8 Å². The average Bonchev–Trinajstić information content (AvgIpc) is 2.59. The average molecular weight is 310 g/mol. The first-order valence-corrected chi connectivity index (χ1v) is 7.62. The van der Waals surface area contributed by atoms with Crippen LogP contribution < -0.4 is 16.0 Å². The van der Waals surface area contributed by atoms with E-state index in [1.807, 2.05) is 13.0 Å². The molecule has 0 aromatic heterocycles. The number of nitrogens with two attached hydrogens (primary N) is 1. The summed E-state index contributed by atoms with van der Waals surface area (Å²) < 4.78 is 0. The molecule has 5 nitrogen and oxygen atoms in total. The molecule has 0 saturated carbocycles. The van der Waals surface area contributed by atoms with E-state index >= 15 is 0 Å². The van der Waals surface area contributed by atoms with Gasteiger partial charge in [0.2, 0.25) is 5.91 Å². The van der Waals surface area contributed by atoms with Crippen molar-refractivity contribution >= 4 is 28.9 Å². The summed E-state index contributed by atoms with van der Waals surface area (Å²) in [7, 11) is 0. The van der Waals surface area contributed by atoms with Crippen LogP contribution in [-0.4, -0.2) is 29.7 Å². The summed E-state index contributed by atoms with van der Waals surface area (Å²) in [5.41, 5.74) is 7.59. The van der Waals surface area contributed by atoms with Gasteiger partial charge in [0.25, 0.3) is 0 Å². The summed E-state index contributed by atoms with van der Waals surface area (Å²) in [6.45, 7) is 3.46. The molecule has 2 heterocycles. The third-order valence-corrected chi connectivity index (χ3v) is 4.70. The standard InChI is InChI=1S/C15H20ClN3O2/c1-15(21)3-2-5-19(6-4-15)12-8-11-9(7-10(12)16)13(17)14(20)18-11/h7-8,13,21H,2-6,17H2,1H3,(H,18,20). The predicted molar refractivity (Wildman–Crippen MR) is 83.7 cm³/mol. The summed E-state index contributed by atoms with van der Waals surface area (Å²) in [5, 5.41) is 13.6. The van der Waals surface area contributed by atoms with Crippen molar-refractivity contribution in [1.29, 1.82) is 0 Å². The van der Waals surface area contributed by atoms with Crippen LogP contribution in [0, 0.1) is 0 Å². The fraction of sp³-hybridized carbons (Fsp3) is 0.533. The van der Waals surface area contributed by atoms with Crippen molar-refractivity contribution in [2.75, 3.05) is 23.3 Å². The molecule has 1 aromatic carbocycles. The van der Waals surface area contributed by atoms with E-state index < -0.39 is 11.6 Å². The lowest BCUT2D eigenvalue weighted by Crippen LogP contribution is -2.28. The molecule has 2 atom stereocenters. The highest BCUT2D eigenvalue weighted by atomic mass is 35.5. The molecule has 0 spiro atoms. The maximum atomic E-state index is 11.6. The van der Waals surface area contributed by atoms with Crippen LogP contribution >= 0.6 is 11.6 Å². The SMILES string of the molecule is CC1(O)CCCN(c2cc3c(cc2Cl)C(N)C(=O)N3)CC1. The van der Waals surface area contributed by atoms with Gasteiger partial charge >= 0.3 is 0 Å². The number of anilines is 2. The van der Waals surface area contributed by atoms with Gasteiger partial charge in [-0.1, -0.05) is 11.6 Å². The molecule has 6 heteroatoms. The Kier molecular flexibility index (Phi) is 3.59. The van der Waals surface area contributed by atoms with E-state index in [9.17, 15) is 9.90 Å². The van der Waals surface area contributed by atoms with Gasteiger partial charge in [-0.3, -0.25) is 4.79 Å². The van der Waals surface area contributed by atoms with Gasteiger partial charge < -0.3 is 21.1 Å². The van der Waals surface area contributed by atoms with Gasteiger partial charge in [-0.2, -0.15) is 0 Å². The molecule has 0 radical (unpaired) electrons. The first-order chi connectivity index (χ1) is 9.87. The van der Waals surface area contributed by atoms with E-state index in [2.05, 4.69) is 10.2 Å². The molecule has 1 amide bonds. The third kappa shape index (κ3) is 2.73. The summed E-state index contributed by atoms with van der Waals surface area (Å²) in [5.74, 6) is -0.197. The van der Waals surface area contributed by atoms with E-state index in [0.29, 0.717) is 11.4 Å². The lowest BCUT2D eigenvalue weighted by atomic mass is 9.98. The van der Waals surface area contributed by atoms with Crippen LogP contribution in [0.5, 0.6) is 0 Å². The molecule has 0 bridgehead atoms. The van der Waals surface area contributed by atoms with Crippen LogP contribution in [0.25, 0.3) is 0 Å². The summed E-state index contributed by atoms with van der Waals surface area (Å²) in [4.78, 5) is 13.8. The number of aliphatic hydroxyl groups is 1. The number of halogens is 1. The Morgan fingerprint density at radius 2 is 2.19 bits per heavy atom. The Balaban J connectivity index is 1.90. The fourth-order valence-electron chi connectivity index (χ4n) is 3.04. The normalized spacial score (nSPS) is 29.0. The minimum atomic E-state index is -0.642. The quantitative estimate of drug-likeness (QED) is 0.742. The maximum absolute atomic E-state index is 11.6. The summed E-state index contributed by atoms with van der Waals surface area (Å²) in [6, 6.07) is 3.02. The Hall–Kier alpha value is -1.30. The van der Waals surface area contributed by atoms with Crippen molar-refractivity contribution in [1.82, 2.24) is 0 Å². The number of hydrogen-bond donors (Lipinski definition) is 3. The lowest BCUT2D eigenvalue weighted by Gasteiger charge is -2.25. The van der Waals surface area contributed by atoms with Gasteiger partial charge in [-0.05, 0) is 38.3 Å². The van der Waals surface area contributed by atoms with Gasteiger partial charge in [-0.15, -0.1) is 0 Å². The van der Waals surface area contributed by atoms with Crippen LogP contribution in [0.2, 0.25) is 5.02 Å². The first kappa shape index (κ1) is 14.6. The zero-order chi connectivity index (χ0) is 15.2. The fourth-order valence-corrected chi connectivity index (χ4v) is 3.33. The van der Waals surface area contributed by atoms with Gasteiger partial charge in [0.1, 0.15) is 6.04 Å². The van der Waals surface area contributed by atoms with Crippen molar-refractivity contribution in [3.05, 3.63) is 22.7 Å². The molecule has 4 N–H and O–H groups in total. The molecule has 114 valence electrons. The third-order valence-electron chi connectivity index (χ3n) is 4.40. The van der Waals surface area contributed by atoms with E-state index in [1.54, 1.807) is 6.07 Å². The molecular weight excluding hydrogens is 290 g/mol. The highest BCUT2D eigenvalue weighted by molar-refractivity contribution is 6.33. The number of nitrogens with one attached hydrogen (secondary N) is 1. The number of hydrogen-bond acceptors (Lipinski definition) is 4. The van der Waals surface area contributed by atoms with Crippen LogP contribution in [0.15, 0.2) is 12.1 Å². The molecule has 1 fully saturated rings. The lowest BCUT2D eigenvalue weighted by molar-refractivity contribution is -0.116. The molecule has 21 heavy (non-hydrogen) atoms. The number of rotatable bonds is 1. The highest BCUT2D eigenvalue weighted by Crippen LogP contribution is 2.39. The number of nitrogens with zero attached hydrogens (tertiary/aromatic N) is 1. The Morgan fingerprint density at radius 3 is 2.95 bits per heavy atom. The van der Waals surface area contributed by atoms with E-state index in [1.165, 1.54) is 0 Å². The Morgan fingerprint density at radius 1 is 1.43 bits per heavy atom. The van der Waals surface area contributed by atoms with Gasteiger partial charge in [-0.25, -0.2) is 0 Å². The largest absolute Gasteiger partial charge is 0.390 e. The molecule has 2 aliphatic rings. The van der Waals surface area contributed by atoms with E-state index in [0.717, 1.165) is 42.9 Å². The minimum Gasteiger partial charge on any atom is -0.390 e. The molecule has 2 unspecified atom stereocenters. The number of carbonyl (C=O) groups is 1. The zero-order valence-corrected chi connectivity index (χ0v) is 12.8. The number of amides is 1. The van der Waals surface area contributed by atoms with E-state index in [-0.39, 0.29) is 5.91 Å². The summed E-state index contributed by atoms with van der Waals surface area (Å²) in [6.07, 6.45) is 2.40. The van der Waals surface area contributed by atoms with Crippen molar-refractivity contribution in [2.24, 2.45) is 5.73 Å². The topological polar surface area (TPSA) is 78.6 Å². The zero-order valence-electron chi connectivity index (χ0n) is 12.0. The monoisotopic (exact) mass is 309 g/mol. The predicted octanol–water partition coefficient (Wildman–Crippen LogP) is 2.03. The second kappa shape index (κ2) is 5.16. The second-order valence-corrected chi connectivity index (χ2v) is 6.60. The second-order valence-electron chi connectivity index (χ2n) is 6.20. The smallest absolute Gasteiger partial charge is 0.245 e. The number of carbonyl (C=O) groups excluding carboxylic acids is 1. The van der Waals surface area contributed by atoms with Gasteiger partial charge in [0, 0.05) is 24.3 Å². The molecule has 0 aliphatic carbocycles. The molecule has 3 rings (SSSR count). The van der Waals surface area contributed by atoms with Crippen molar-refractivity contribution in [3.8, 4) is 0 Å². The van der Waals surface area contributed by atoms with Gasteiger partial charge in [0.15, 0.2) is 0 Å². The molecule has 1 aromatic rings. The Labute approximate surface area is 129 Å². The van der Waals surface area contributed by atoms with Crippen molar-refractivity contribution < 1.29 is 9.90 Å². The highest BCUT2D eigenvalue weighted by Gasteiger charge is 2.30.